The van der Waals surface area contributed by atoms with E-state index in [0.29, 0.717) is 36.0 Å². The predicted molar refractivity (Wildman–Crippen MR) is 142 cm³/mol. The molecule has 4 heteroatoms. The van der Waals surface area contributed by atoms with Crippen LogP contribution >= 0.6 is 0 Å². The summed E-state index contributed by atoms with van der Waals surface area (Å²) in [6.45, 7) is 0. The van der Waals surface area contributed by atoms with E-state index in [1.165, 1.54) is 103 Å². The van der Waals surface area contributed by atoms with E-state index in [1.807, 2.05) is 0 Å². The number of carbonyl (C=O) groups is 2. The molecule has 0 aromatic carbocycles. The minimum absolute atomic E-state index is 0.0424. The van der Waals surface area contributed by atoms with Gasteiger partial charge in [-0.25, -0.2) is 0 Å². The summed E-state index contributed by atoms with van der Waals surface area (Å²) in [6.07, 6.45) is 25.0. The van der Waals surface area contributed by atoms with Crippen LogP contribution in [0.15, 0.2) is 0 Å². The lowest BCUT2D eigenvalue weighted by atomic mass is 9.73. The highest BCUT2D eigenvalue weighted by atomic mass is 16.2. The lowest BCUT2D eigenvalue weighted by molar-refractivity contribution is -0.153. The van der Waals surface area contributed by atoms with Crippen LogP contribution in [0.25, 0.3) is 0 Å². The van der Waals surface area contributed by atoms with Crippen LogP contribution < -0.4 is 0 Å². The lowest BCUT2D eigenvalue weighted by Gasteiger charge is -2.43. The van der Waals surface area contributed by atoms with Crippen molar-refractivity contribution in [3.05, 3.63) is 0 Å². The van der Waals surface area contributed by atoms with Crippen molar-refractivity contribution in [1.29, 1.82) is 0 Å². The van der Waals surface area contributed by atoms with Gasteiger partial charge in [0, 0.05) is 36.0 Å². The molecule has 0 radical (unpaired) electrons. The largest absolute Gasteiger partial charge is 0.336 e. The molecule has 10 atom stereocenters. The van der Waals surface area contributed by atoms with Gasteiger partial charge in [-0.2, -0.15) is 0 Å². The van der Waals surface area contributed by atoms with Crippen molar-refractivity contribution >= 4 is 11.8 Å². The van der Waals surface area contributed by atoms with Crippen LogP contribution in [0.1, 0.15) is 128 Å². The first-order chi connectivity index (χ1) is 17.7. The number of likely N-dealkylation sites (tertiary alicyclic amines) is 2. The Morgan fingerprint density at radius 1 is 0.361 bits per heavy atom. The molecule has 0 aromatic rings. The fraction of sp³-hybridized carbons (Fsp3) is 0.938. The second-order valence-corrected chi connectivity index (χ2v) is 14.1. The third-order valence-electron chi connectivity index (χ3n) is 12.6. The molecule has 7 aliphatic rings. The van der Waals surface area contributed by atoms with Crippen molar-refractivity contribution in [1.82, 2.24) is 9.80 Å². The molecule has 0 N–H and O–H groups in total. The van der Waals surface area contributed by atoms with Crippen molar-refractivity contribution in [2.75, 3.05) is 0 Å². The standard InChI is InChI=1S/C32H50N2O2/c35-31(33-27-17-7-3-11-21(27)22-12-4-8-18-28(22)33)25-15-1-2-16-26(25)32(36)34-29-19-9-5-13-23(29)24-14-6-10-20-30(24)34/h21-30H,1-20H2. The van der Waals surface area contributed by atoms with Crippen LogP contribution in [0.3, 0.4) is 0 Å². The van der Waals surface area contributed by atoms with Crippen LogP contribution in [-0.2, 0) is 9.59 Å². The van der Waals surface area contributed by atoms with E-state index < -0.39 is 0 Å². The monoisotopic (exact) mass is 494 g/mol. The van der Waals surface area contributed by atoms with Crippen molar-refractivity contribution in [3.63, 3.8) is 0 Å². The third-order valence-corrected chi connectivity index (χ3v) is 12.6. The summed E-state index contributed by atoms with van der Waals surface area (Å²) in [4.78, 5) is 34.0. The molecule has 2 amide bonds. The topological polar surface area (TPSA) is 40.6 Å². The van der Waals surface area contributed by atoms with Gasteiger partial charge in [-0.15, -0.1) is 0 Å². The van der Waals surface area contributed by atoms with Gasteiger partial charge in [0.2, 0.25) is 11.8 Å². The molecule has 36 heavy (non-hydrogen) atoms. The molecule has 2 aliphatic heterocycles. The zero-order valence-corrected chi connectivity index (χ0v) is 22.6. The Bertz CT molecular complexity index is 730. The highest BCUT2D eigenvalue weighted by molar-refractivity contribution is 5.89. The Hall–Kier alpha value is -1.06. The molecule has 10 unspecified atom stereocenters. The molecular weight excluding hydrogens is 444 g/mol. The Morgan fingerprint density at radius 3 is 0.917 bits per heavy atom. The zero-order chi connectivity index (χ0) is 24.2. The molecule has 0 bridgehead atoms. The van der Waals surface area contributed by atoms with Crippen LogP contribution in [0.4, 0.5) is 0 Å². The zero-order valence-electron chi connectivity index (χ0n) is 22.6. The second-order valence-electron chi connectivity index (χ2n) is 14.1. The quantitative estimate of drug-likeness (QED) is 0.428. The predicted octanol–water partition coefficient (Wildman–Crippen LogP) is 6.71. The van der Waals surface area contributed by atoms with Gasteiger partial charge in [0.25, 0.3) is 0 Å². The number of nitrogens with zero attached hydrogens (tertiary/aromatic N) is 2. The van der Waals surface area contributed by atoms with E-state index in [9.17, 15) is 9.59 Å². The van der Waals surface area contributed by atoms with E-state index in [2.05, 4.69) is 9.80 Å². The Morgan fingerprint density at radius 2 is 0.611 bits per heavy atom. The van der Waals surface area contributed by atoms with Crippen molar-refractivity contribution < 1.29 is 9.59 Å². The molecule has 7 rings (SSSR count). The van der Waals surface area contributed by atoms with Gasteiger partial charge in [0.05, 0.1) is 0 Å². The molecule has 7 fully saturated rings. The third kappa shape index (κ3) is 3.81. The smallest absolute Gasteiger partial charge is 0.227 e. The van der Waals surface area contributed by atoms with Gasteiger partial charge in [0.1, 0.15) is 0 Å². The number of rotatable bonds is 2. The molecule has 5 aliphatic carbocycles. The Kier molecular flexibility index (Phi) is 6.61. The van der Waals surface area contributed by atoms with Gasteiger partial charge < -0.3 is 9.80 Å². The number of hydrogen-bond donors (Lipinski definition) is 0. The maximum atomic E-state index is 14.6. The number of carbonyl (C=O) groups excluding carboxylic acids is 2. The van der Waals surface area contributed by atoms with Gasteiger partial charge in [-0.3, -0.25) is 9.59 Å². The summed E-state index contributed by atoms with van der Waals surface area (Å²) in [5.41, 5.74) is 0. The van der Waals surface area contributed by atoms with E-state index in [1.54, 1.807) is 0 Å². The van der Waals surface area contributed by atoms with Crippen molar-refractivity contribution in [2.24, 2.45) is 35.5 Å². The molecule has 4 nitrogen and oxygen atoms in total. The van der Waals surface area contributed by atoms with Gasteiger partial charge in [0.15, 0.2) is 0 Å². The summed E-state index contributed by atoms with van der Waals surface area (Å²) in [7, 11) is 0. The number of amides is 2. The molecule has 2 heterocycles. The van der Waals surface area contributed by atoms with Crippen LogP contribution in [-0.4, -0.2) is 45.8 Å². The van der Waals surface area contributed by atoms with Crippen molar-refractivity contribution in [3.8, 4) is 0 Å². The first-order valence-electron chi connectivity index (χ1n) is 16.4. The van der Waals surface area contributed by atoms with Gasteiger partial charge in [-0.1, -0.05) is 64.2 Å². The molecule has 200 valence electrons. The summed E-state index contributed by atoms with van der Waals surface area (Å²) < 4.78 is 0. The summed E-state index contributed by atoms with van der Waals surface area (Å²) >= 11 is 0. The molecule has 5 saturated carbocycles. The van der Waals surface area contributed by atoms with Crippen LogP contribution in [0.2, 0.25) is 0 Å². The lowest BCUT2D eigenvalue weighted by Crippen LogP contribution is -2.53. The van der Waals surface area contributed by atoms with E-state index in [0.717, 1.165) is 49.4 Å². The Balaban J connectivity index is 1.16. The summed E-state index contributed by atoms with van der Waals surface area (Å²) in [6, 6.07) is 1.92. The fourth-order valence-electron chi connectivity index (χ4n) is 11.2. The summed E-state index contributed by atoms with van der Waals surface area (Å²) in [5.74, 6) is 3.73. The Labute approximate surface area is 219 Å². The van der Waals surface area contributed by atoms with Gasteiger partial charge in [-0.05, 0) is 87.9 Å². The highest BCUT2D eigenvalue weighted by Gasteiger charge is 2.56. The maximum absolute atomic E-state index is 14.6. The first kappa shape index (κ1) is 24.0. The highest BCUT2D eigenvalue weighted by Crippen LogP contribution is 2.52. The van der Waals surface area contributed by atoms with Gasteiger partial charge >= 0.3 is 0 Å². The van der Waals surface area contributed by atoms with Crippen LogP contribution in [0, 0.1) is 35.5 Å². The second kappa shape index (κ2) is 9.92. The first-order valence-corrected chi connectivity index (χ1v) is 16.4. The fourth-order valence-corrected chi connectivity index (χ4v) is 11.2. The minimum Gasteiger partial charge on any atom is -0.336 e. The van der Waals surface area contributed by atoms with Crippen molar-refractivity contribution in [2.45, 2.75) is 153 Å². The van der Waals surface area contributed by atoms with Crippen LogP contribution in [0.5, 0.6) is 0 Å². The molecular formula is C32H50N2O2. The normalized spacial score (nSPS) is 46.4. The number of fused-ring (bicyclic) bond motifs is 6. The maximum Gasteiger partial charge on any atom is 0.227 e. The minimum atomic E-state index is -0.0424. The van der Waals surface area contributed by atoms with E-state index in [-0.39, 0.29) is 11.8 Å². The molecule has 0 aromatic heterocycles. The van der Waals surface area contributed by atoms with E-state index >= 15 is 0 Å². The molecule has 0 spiro atoms. The average molecular weight is 495 g/mol. The summed E-state index contributed by atoms with van der Waals surface area (Å²) in [5, 5.41) is 0. The van der Waals surface area contributed by atoms with E-state index in [4.69, 9.17) is 0 Å². The average Bonchev–Trinajstić information content (AvgIpc) is 3.45. The SMILES string of the molecule is O=C(C1CCCCC1C(=O)N1C2CCCCC2C2CCCCC21)N1C2CCCCC2C2CCCCC21. The molecule has 2 saturated heterocycles. The number of hydrogen-bond acceptors (Lipinski definition) is 2.